The van der Waals surface area contributed by atoms with Crippen molar-refractivity contribution < 1.29 is 44.6 Å². The van der Waals surface area contributed by atoms with Gasteiger partial charge in [0.05, 0.1) is 32.8 Å². The summed E-state index contributed by atoms with van der Waals surface area (Å²) in [5, 5.41) is 29.0. The molecule has 60 heavy (non-hydrogen) atoms. The molecule has 3 aromatic heterocycles. The van der Waals surface area contributed by atoms with E-state index in [0.29, 0.717) is 73.6 Å². The van der Waals surface area contributed by atoms with Crippen LogP contribution in [0.4, 0.5) is 14.5 Å². The number of hydrogen-bond donors (Lipinski definition) is 2. The number of nitrogens with zero attached hydrogens (tertiary/aromatic N) is 9. The van der Waals surface area contributed by atoms with Crippen molar-refractivity contribution in [3.8, 4) is 17.2 Å². The highest BCUT2D eigenvalue weighted by Crippen LogP contribution is 2.54. The molecule has 2 saturated heterocycles. The zero-order valence-corrected chi connectivity index (χ0v) is 36.6. The standard InChI is InChI=1S/C18H17BrFN5O5S.C17H19BrFN5O4S/c1-31(27,28)24-8-18(9-24)6-10(7-18)4-14-15(22-30-21-14)16-23-29-17(26)25(16)11-2-3-13(20)12(19)5-11;1-29(26,27)24-8-17(9-24)6-10(7-17)4-14-15(23-28-22-14)16(21-25)20-11-2-3-13(19)12(18)5-11/h2-3,5,10H,4,6-9H2,1H3;2-3,5,10,25H,4,6-9H2,1H3,(H,20,21). The number of hydrogen-bond acceptors (Lipinski definition) is 15. The molecule has 2 spiro atoms. The van der Waals surface area contributed by atoms with E-state index in [2.05, 4.69) is 62.6 Å². The number of aromatic nitrogens is 6. The van der Waals surface area contributed by atoms with Crippen molar-refractivity contribution in [3.63, 3.8) is 0 Å². The summed E-state index contributed by atoms with van der Waals surface area (Å²) >= 11 is 6.20. The lowest BCUT2D eigenvalue weighted by Gasteiger charge is -2.58. The van der Waals surface area contributed by atoms with Gasteiger partial charge in [-0.25, -0.2) is 57.8 Å². The first kappa shape index (κ1) is 42.4. The number of benzene rings is 2. The molecular weight excluding hydrogens is 966 g/mol. The highest BCUT2D eigenvalue weighted by molar-refractivity contribution is 9.10. The summed E-state index contributed by atoms with van der Waals surface area (Å²) in [6.07, 6.45) is 7.13. The summed E-state index contributed by atoms with van der Waals surface area (Å²) in [5.74, 6) is -0.873. The SMILES string of the molecule is CS(=O)(=O)N1CC2(CC(Cc3nonc3-c3noc(=O)n3-c3ccc(F)c(Br)c3)C2)C1.CS(=O)(=O)N1CC2(CC(Cc3nonc3C(=Nc3ccc(F)c(Br)c3)NO)C2)C1. The molecule has 9 rings (SSSR count). The summed E-state index contributed by atoms with van der Waals surface area (Å²) in [6, 6.07) is 8.27. The van der Waals surface area contributed by atoms with Gasteiger partial charge in [0.2, 0.25) is 25.9 Å². The molecular formula is C35H36Br2F2N10O9S2. The Morgan fingerprint density at radius 2 is 1.35 bits per heavy atom. The van der Waals surface area contributed by atoms with Gasteiger partial charge >= 0.3 is 5.76 Å². The second-order valence-electron chi connectivity index (χ2n) is 16.0. The number of aliphatic imine (C=N–C) groups is 1. The minimum atomic E-state index is -3.14. The molecule has 5 aromatic rings. The van der Waals surface area contributed by atoms with Crippen molar-refractivity contribution in [2.24, 2.45) is 27.7 Å². The lowest BCUT2D eigenvalue weighted by atomic mass is 9.57. The number of halogens is 4. The minimum Gasteiger partial charge on any atom is -0.295 e. The molecule has 0 atom stereocenters. The van der Waals surface area contributed by atoms with Gasteiger partial charge in [0, 0.05) is 26.2 Å². The van der Waals surface area contributed by atoms with Crippen LogP contribution in [-0.2, 0) is 32.9 Å². The number of amidine groups is 1. The largest absolute Gasteiger partial charge is 0.446 e. The van der Waals surface area contributed by atoms with Crippen molar-refractivity contribution in [2.75, 3.05) is 38.7 Å². The molecule has 25 heteroatoms. The van der Waals surface area contributed by atoms with Crippen molar-refractivity contribution in [2.45, 2.75) is 38.5 Å². The number of hydroxylamine groups is 1. The predicted octanol–water partition coefficient (Wildman–Crippen LogP) is 4.23. The maximum absolute atomic E-state index is 13.6. The summed E-state index contributed by atoms with van der Waals surface area (Å²) in [7, 11) is -6.26. The van der Waals surface area contributed by atoms with Crippen LogP contribution in [0.2, 0.25) is 0 Å². The smallest absolute Gasteiger partial charge is 0.295 e. The molecule has 5 heterocycles. The Morgan fingerprint density at radius 3 is 1.90 bits per heavy atom. The van der Waals surface area contributed by atoms with E-state index < -0.39 is 37.4 Å². The third-order valence-electron chi connectivity index (χ3n) is 11.4. The van der Waals surface area contributed by atoms with Gasteiger partial charge in [-0.3, -0.25) is 15.2 Å². The Morgan fingerprint density at radius 1 is 0.817 bits per heavy atom. The van der Waals surface area contributed by atoms with Crippen LogP contribution in [0.25, 0.3) is 17.2 Å². The lowest BCUT2D eigenvalue weighted by molar-refractivity contribution is -0.0523. The Labute approximate surface area is 357 Å². The van der Waals surface area contributed by atoms with Crippen molar-refractivity contribution in [1.29, 1.82) is 0 Å². The van der Waals surface area contributed by atoms with E-state index in [1.807, 2.05) is 5.48 Å². The average Bonchev–Trinajstić information content (AvgIpc) is 3.86. The summed E-state index contributed by atoms with van der Waals surface area (Å²) in [4.78, 5) is 16.5. The maximum Gasteiger partial charge on any atom is 0.446 e. The topological polar surface area (TPSA) is 245 Å². The van der Waals surface area contributed by atoms with Gasteiger partial charge < -0.3 is 0 Å². The van der Waals surface area contributed by atoms with Crippen LogP contribution in [0.1, 0.15) is 42.8 Å². The first-order chi connectivity index (χ1) is 28.3. The second kappa shape index (κ2) is 15.9. The molecule has 0 unspecified atom stereocenters. The first-order valence-corrected chi connectivity index (χ1v) is 23.6. The van der Waals surface area contributed by atoms with E-state index >= 15 is 0 Å². The summed E-state index contributed by atoms with van der Waals surface area (Å²) in [5.41, 5.74) is 4.50. The molecule has 0 bridgehead atoms. The monoisotopic (exact) mass is 1000 g/mol. The van der Waals surface area contributed by atoms with E-state index in [9.17, 15) is 35.6 Å². The Hall–Kier alpha value is -4.27. The van der Waals surface area contributed by atoms with E-state index in [1.54, 1.807) is 0 Å². The van der Waals surface area contributed by atoms with Crippen molar-refractivity contribution in [3.05, 3.63) is 84.6 Å². The van der Waals surface area contributed by atoms with Crippen LogP contribution < -0.4 is 11.2 Å². The number of sulfonamides is 2. The first-order valence-electron chi connectivity index (χ1n) is 18.4. The Bertz CT molecular complexity index is 2750. The fraction of sp³-hybridized carbons (Fsp3) is 0.457. The number of rotatable bonds is 10. The van der Waals surface area contributed by atoms with E-state index in [0.717, 1.165) is 25.7 Å². The average molecular weight is 1000 g/mol. The van der Waals surface area contributed by atoms with Gasteiger partial charge in [0.25, 0.3) is 0 Å². The van der Waals surface area contributed by atoms with Crippen molar-refractivity contribution >= 4 is 63.4 Å². The molecule has 2 aromatic carbocycles. The zero-order valence-electron chi connectivity index (χ0n) is 31.8. The Kier molecular flexibility index (Phi) is 11.2. The fourth-order valence-electron chi connectivity index (χ4n) is 8.65. The summed E-state index contributed by atoms with van der Waals surface area (Å²) in [6.45, 7) is 2.23. The van der Waals surface area contributed by atoms with Gasteiger partial charge in [-0.15, -0.1) is 0 Å². The highest BCUT2D eigenvalue weighted by Gasteiger charge is 2.55. The molecule has 19 nitrogen and oxygen atoms in total. The highest BCUT2D eigenvalue weighted by atomic mass is 79.9. The van der Waals surface area contributed by atoms with Crippen LogP contribution in [-0.4, -0.2) is 106 Å². The van der Waals surface area contributed by atoms with Crippen LogP contribution in [0.15, 0.2) is 68.9 Å². The van der Waals surface area contributed by atoms with E-state index in [4.69, 9.17) is 13.8 Å². The molecule has 2 N–H and O–H groups in total. The van der Waals surface area contributed by atoms with Gasteiger partial charge in [0.1, 0.15) is 23.0 Å². The summed E-state index contributed by atoms with van der Waals surface area (Å²) < 4.78 is 92.5. The molecule has 0 amide bonds. The molecule has 2 saturated carbocycles. The normalized spacial score (nSPS) is 19.3. The predicted molar refractivity (Wildman–Crippen MR) is 213 cm³/mol. The van der Waals surface area contributed by atoms with Crippen LogP contribution in [0.3, 0.4) is 0 Å². The van der Waals surface area contributed by atoms with E-state index in [-0.39, 0.29) is 42.8 Å². The molecule has 2 aliphatic carbocycles. The third-order valence-corrected chi connectivity index (χ3v) is 15.0. The third kappa shape index (κ3) is 8.48. The molecule has 4 aliphatic rings. The maximum atomic E-state index is 13.6. The van der Waals surface area contributed by atoms with Gasteiger partial charge in [-0.2, -0.15) is 0 Å². The van der Waals surface area contributed by atoms with Gasteiger partial charge in [-0.1, -0.05) is 15.5 Å². The minimum absolute atomic E-state index is 0.0423. The number of nitrogens with one attached hydrogen (secondary N) is 1. The quantitative estimate of drug-likeness (QED) is 0.113. The van der Waals surface area contributed by atoms with Crippen LogP contribution >= 0.6 is 31.9 Å². The molecule has 4 fully saturated rings. The fourth-order valence-corrected chi connectivity index (χ4v) is 11.4. The Balaban J connectivity index is 0.000000167. The van der Waals surface area contributed by atoms with Crippen LogP contribution in [0, 0.1) is 34.3 Å². The molecule has 320 valence electrons. The van der Waals surface area contributed by atoms with Crippen molar-refractivity contribution in [1.82, 2.24) is 44.4 Å². The van der Waals surface area contributed by atoms with Crippen LogP contribution in [0.5, 0.6) is 0 Å². The lowest BCUT2D eigenvalue weighted by Crippen LogP contribution is -2.63. The molecule has 0 radical (unpaired) electrons. The van der Waals surface area contributed by atoms with Gasteiger partial charge in [-0.05, 0) is 140 Å². The second-order valence-corrected chi connectivity index (χ2v) is 21.7. The zero-order chi connectivity index (χ0) is 42.8. The van der Waals surface area contributed by atoms with E-state index in [1.165, 1.54) is 62.1 Å². The van der Waals surface area contributed by atoms with Gasteiger partial charge in [0.15, 0.2) is 17.2 Å². The molecule has 2 aliphatic heterocycles.